The van der Waals surface area contributed by atoms with Gasteiger partial charge in [-0.15, -0.1) is 11.3 Å². The van der Waals surface area contributed by atoms with E-state index in [-0.39, 0.29) is 6.54 Å². The van der Waals surface area contributed by atoms with Gasteiger partial charge in [-0.3, -0.25) is 0 Å². The number of rotatable bonds is 3. The largest absolute Gasteiger partial charge is 0.385 e. The zero-order valence-corrected chi connectivity index (χ0v) is 9.70. The van der Waals surface area contributed by atoms with Gasteiger partial charge in [0.1, 0.15) is 6.10 Å². The van der Waals surface area contributed by atoms with Crippen molar-refractivity contribution in [3.8, 4) is 0 Å². The molecule has 84 valence electrons. The highest BCUT2D eigenvalue weighted by molar-refractivity contribution is 7.09. The molecule has 15 heavy (non-hydrogen) atoms. The van der Waals surface area contributed by atoms with Crippen molar-refractivity contribution in [2.75, 3.05) is 26.7 Å². The van der Waals surface area contributed by atoms with Crippen LogP contribution in [0.5, 0.6) is 0 Å². The van der Waals surface area contributed by atoms with Gasteiger partial charge in [-0.05, 0) is 20.0 Å². The first-order chi connectivity index (χ1) is 7.20. The van der Waals surface area contributed by atoms with Gasteiger partial charge >= 0.3 is 0 Å². The van der Waals surface area contributed by atoms with Crippen molar-refractivity contribution < 1.29 is 5.11 Å². The molecule has 1 aliphatic rings. The molecule has 0 radical (unpaired) electrons. The highest BCUT2D eigenvalue weighted by Crippen LogP contribution is 2.29. The molecule has 1 aliphatic heterocycles. The van der Waals surface area contributed by atoms with Crippen LogP contribution in [-0.2, 0) is 0 Å². The summed E-state index contributed by atoms with van der Waals surface area (Å²) in [4.78, 5) is 6.77. The molecule has 2 rings (SSSR count). The normalized spacial score (nSPS) is 24.6. The van der Waals surface area contributed by atoms with Gasteiger partial charge in [-0.1, -0.05) is 0 Å². The first-order valence-electron chi connectivity index (χ1n) is 5.22. The van der Waals surface area contributed by atoms with Crippen molar-refractivity contribution >= 4 is 11.3 Å². The Morgan fingerprint density at radius 1 is 1.80 bits per heavy atom. The number of aliphatic hydroxyl groups is 1. The predicted molar refractivity (Wildman–Crippen MR) is 61.0 cm³/mol. The maximum atomic E-state index is 9.55. The average Bonchev–Trinajstić information content (AvgIpc) is 2.84. The number of aromatic nitrogens is 1. The molecule has 2 heterocycles. The highest BCUT2D eigenvalue weighted by atomic mass is 32.1. The Bertz CT molecular complexity index is 328. The predicted octanol–water partition coefficient (Wildman–Crippen LogP) is 0.554. The topological polar surface area (TPSA) is 62.4 Å². The van der Waals surface area contributed by atoms with Gasteiger partial charge in [-0.25, -0.2) is 4.98 Å². The lowest BCUT2D eigenvalue weighted by molar-refractivity contribution is 0.182. The Hall–Kier alpha value is -0.490. The second-order valence-electron chi connectivity index (χ2n) is 4.11. The molecule has 5 heteroatoms. The third-order valence-electron chi connectivity index (χ3n) is 2.84. The fourth-order valence-electron chi connectivity index (χ4n) is 1.90. The van der Waals surface area contributed by atoms with Gasteiger partial charge in [0, 0.05) is 24.4 Å². The van der Waals surface area contributed by atoms with Gasteiger partial charge in [-0.2, -0.15) is 0 Å². The minimum absolute atomic E-state index is 0.244. The quantitative estimate of drug-likeness (QED) is 0.792. The Balaban J connectivity index is 2.07. The minimum Gasteiger partial charge on any atom is -0.385 e. The summed E-state index contributed by atoms with van der Waals surface area (Å²) in [6.07, 6.45) is 0.566. The standard InChI is InChI=1S/C10H17N3OS/c1-13-3-2-7(5-13)10-12-8(6-15-10)9(14)4-11/h6-7,9,14H,2-5,11H2,1H3. The van der Waals surface area contributed by atoms with E-state index in [2.05, 4.69) is 16.9 Å². The first-order valence-corrected chi connectivity index (χ1v) is 6.10. The molecule has 0 spiro atoms. The van der Waals surface area contributed by atoms with Crippen LogP contribution in [0.3, 0.4) is 0 Å². The molecule has 0 amide bonds. The summed E-state index contributed by atoms with van der Waals surface area (Å²) in [6.45, 7) is 2.46. The maximum Gasteiger partial charge on any atom is 0.109 e. The molecule has 0 saturated carbocycles. The number of nitrogens with zero attached hydrogens (tertiary/aromatic N) is 2. The zero-order valence-electron chi connectivity index (χ0n) is 8.89. The van der Waals surface area contributed by atoms with Crippen molar-refractivity contribution in [1.82, 2.24) is 9.88 Å². The molecule has 2 atom stereocenters. The summed E-state index contributed by atoms with van der Waals surface area (Å²) in [6, 6.07) is 0. The van der Waals surface area contributed by atoms with Gasteiger partial charge in [0.05, 0.1) is 10.7 Å². The van der Waals surface area contributed by atoms with Crippen molar-refractivity contribution in [2.24, 2.45) is 5.73 Å². The zero-order chi connectivity index (χ0) is 10.8. The van der Waals surface area contributed by atoms with Gasteiger partial charge < -0.3 is 15.7 Å². The monoisotopic (exact) mass is 227 g/mol. The summed E-state index contributed by atoms with van der Waals surface area (Å²) in [5.74, 6) is 0.540. The Morgan fingerprint density at radius 2 is 2.60 bits per heavy atom. The minimum atomic E-state index is -0.603. The molecule has 3 N–H and O–H groups in total. The van der Waals surface area contributed by atoms with Crippen LogP contribution in [0.15, 0.2) is 5.38 Å². The highest BCUT2D eigenvalue weighted by Gasteiger charge is 2.24. The van der Waals surface area contributed by atoms with E-state index in [1.807, 2.05) is 5.38 Å². The van der Waals surface area contributed by atoms with Gasteiger partial charge in [0.2, 0.25) is 0 Å². The van der Waals surface area contributed by atoms with E-state index in [4.69, 9.17) is 5.73 Å². The van der Waals surface area contributed by atoms with E-state index in [0.29, 0.717) is 5.92 Å². The van der Waals surface area contributed by atoms with Crippen molar-refractivity contribution in [3.05, 3.63) is 16.1 Å². The molecule has 4 nitrogen and oxygen atoms in total. The van der Waals surface area contributed by atoms with Crippen LogP contribution >= 0.6 is 11.3 Å². The number of hydrogen-bond donors (Lipinski definition) is 2. The average molecular weight is 227 g/mol. The number of thiazole rings is 1. The number of hydrogen-bond acceptors (Lipinski definition) is 5. The third-order valence-corrected chi connectivity index (χ3v) is 3.87. The summed E-state index contributed by atoms with van der Waals surface area (Å²) in [5.41, 5.74) is 6.12. The molecule has 1 saturated heterocycles. The van der Waals surface area contributed by atoms with Crippen LogP contribution in [-0.4, -0.2) is 41.7 Å². The molecule has 1 aromatic heterocycles. The second kappa shape index (κ2) is 4.57. The lowest BCUT2D eigenvalue weighted by Gasteiger charge is -2.07. The van der Waals surface area contributed by atoms with Crippen molar-refractivity contribution in [1.29, 1.82) is 0 Å². The number of likely N-dealkylation sites (tertiary alicyclic amines) is 1. The number of aliphatic hydroxyl groups excluding tert-OH is 1. The van der Waals surface area contributed by atoms with Crippen LogP contribution in [0.1, 0.15) is 29.1 Å². The van der Waals surface area contributed by atoms with Crippen LogP contribution < -0.4 is 5.73 Å². The number of likely N-dealkylation sites (N-methyl/N-ethyl adjacent to an activating group) is 1. The van der Waals surface area contributed by atoms with Crippen molar-refractivity contribution in [3.63, 3.8) is 0 Å². The van der Waals surface area contributed by atoms with Gasteiger partial charge in [0.15, 0.2) is 0 Å². The molecule has 0 aromatic carbocycles. The van der Waals surface area contributed by atoms with Crippen LogP contribution in [0, 0.1) is 0 Å². The lowest BCUT2D eigenvalue weighted by atomic mass is 10.1. The Labute approximate surface area is 93.7 Å². The van der Waals surface area contributed by atoms with Crippen LogP contribution in [0.25, 0.3) is 0 Å². The second-order valence-corrected chi connectivity index (χ2v) is 5.00. The van der Waals surface area contributed by atoms with E-state index in [9.17, 15) is 5.11 Å². The first kappa shape index (κ1) is 11.0. The Morgan fingerprint density at radius 3 is 3.20 bits per heavy atom. The third kappa shape index (κ3) is 2.36. The van der Waals surface area contributed by atoms with E-state index < -0.39 is 6.10 Å². The smallest absolute Gasteiger partial charge is 0.109 e. The fourth-order valence-corrected chi connectivity index (χ4v) is 2.89. The summed E-state index contributed by atoms with van der Waals surface area (Å²) in [7, 11) is 2.13. The SMILES string of the molecule is CN1CCC(c2nc(C(O)CN)cs2)C1. The van der Waals surface area contributed by atoms with E-state index in [0.717, 1.165) is 23.8 Å². The van der Waals surface area contributed by atoms with Gasteiger partial charge in [0.25, 0.3) is 0 Å². The molecule has 0 bridgehead atoms. The molecule has 0 aliphatic carbocycles. The summed E-state index contributed by atoms with van der Waals surface area (Å²) >= 11 is 1.64. The summed E-state index contributed by atoms with van der Waals surface area (Å²) in [5, 5.41) is 12.6. The van der Waals surface area contributed by atoms with E-state index in [1.165, 1.54) is 6.42 Å². The molecular weight excluding hydrogens is 210 g/mol. The fraction of sp³-hybridized carbons (Fsp3) is 0.700. The molecular formula is C10H17N3OS. The Kier molecular flexibility index (Phi) is 3.35. The van der Waals surface area contributed by atoms with Crippen LogP contribution in [0.2, 0.25) is 0 Å². The van der Waals surface area contributed by atoms with E-state index >= 15 is 0 Å². The maximum absolute atomic E-state index is 9.55. The molecule has 2 unspecified atom stereocenters. The number of nitrogens with two attached hydrogens (primary N) is 1. The van der Waals surface area contributed by atoms with Crippen molar-refractivity contribution in [2.45, 2.75) is 18.4 Å². The van der Waals surface area contributed by atoms with Crippen LogP contribution in [0.4, 0.5) is 0 Å². The van der Waals surface area contributed by atoms with E-state index in [1.54, 1.807) is 11.3 Å². The summed E-state index contributed by atoms with van der Waals surface area (Å²) < 4.78 is 0. The lowest BCUT2D eigenvalue weighted by Crippen LogP contribution is -2.14. The molecule has 1 aromatic rings. The molecule has 1 fully saturated rings.